The predicted molar refractivity (Wildman–Crippen MR) is 93.1 cm³/mol. The lowest BCUT2D eigenvalue weighted by Crippen LogP contribution is -2.30. The molecule has 116 valence electrons. The Balaban J connectivity index is 1.97. The fraction of sp³-hybridized carbons (Fsp3) is 0.211. The average Bonchev–Trinajstić information content (AvgIpc) is 3.03. The quantitative estimate of drug-likeness (QED) is 0.718. The molecule has 2 heterocycles. The topological polar surface area (TPSA) is 36.1 Å². The maximum Gasteiger partial charge on any atom is 0.255 e. The molecule has 0 saturated carbocycles. The first-order valence-electron chi connectivity index (χ1n) is 7.75. The van der Waals surface area contributed by atoms with Gasteiger partial charge in [0, 0.05) is 40.1 Å². The van der Waals surface area contributed by atoms with Gasteiger partial charge in [0.15, 0.2) is 0 Å². The predicted octanol–water partition coefficient (Wildman–Crippen LogP) is 4.26. The second-order valence-corrected chi connectivity index (χ2v) is 6.26. The molecule has 0 spiro atoms. The number of amides is 1. The number of fused-ring (bicyclic) bond motifs is 2. The maximum atomic E-state index is 12.8. The number of aromatic nitrogens is 1. The van der Waals surface area contributed by atoms with Crippen molar-refractivity contribution in [2.45, 2.75) is 13.0 Å². The Morgan fingerprint density at radius 2 is 1.87 bits per heavy atom. The highest BCUT2D eigenvalue weighted by Gasteiger charge is 2.38. The van der Waals surface area contributed by atoms with Gasteiger partial charge >= 0.3 is 0 Å². The van der Waals surface area contributed by atoms with Crippen LogP contribution in [0.15, 0.2) is 48.5 Å². The van der Waals surface area contributed by atoms with Crippen LogP contribution in [0.4, 0.5) is 0 Å². The molecular formula is C19H17ClN2O. The summed E-state index contributed by atoms with van der Waals surface area (Å²) in [7, 11) is 0. The van der Waals surface area contributed by atoms with Gasteiger partial charge in [0.1, 0.15) is 0 Å². The van der Waals surface area contributed by atoms with Gasteiger partial charge in [0.05, 0.1) is 6.04 Å². The lowest BCUT2D eigenvalue weighted by atomic mass is 9.95. The number of H-pyrrole nitrogens is 1. The molecule has 0 radical (unpaired) electrons. The molecule has 2 aromatic carbocycles. The third-order valence-corrected chi connectivity index (χ3v) is 4.77. The van der Waals surface area contributed by atoms with Crippen LogP contribution in [0.5, 0.6) is 0 Å². The summed E-state index contributed by atoms with van der Waals surface area (Å²) in [6.45, 7) is 2.61. The molecule has 3 aromatic rings. The number of hydrogen-bond donors (Lipinski definition) is 1. The van der Waals surface area contributed by atoms with E-state index in [1.165, 1.54) is 10.9 Å². The number of carbonyl (C=O) groups is 1. The first-order valence-corrected chi connectivity index (χ1v) is 8.29. The zero-order chi connectivity index (χ0) is 16.0. The van der Waals surface area contributed by atoms with Crippen molar-refractivity contribution in [1.29, 1.82) is 0 Å². The SMILES string of the molecule is Cc1[nH]c2ccccc2c1[C@@H]1c2ccccc2C(=O)N1CCCl. The number of carbonyl (C=O) groups excluding carboxylic acids is 1. The van der Waals surface area contributed by atoms with Gasteiger partial charge < -0.3 is 9.88 Å². The van der Waals surface area contributed by atoms with Gasteiger partial charge in [-0.2, -0.15) is 0 Å². The smallest absolute Gasteiger partial charge is 0.255 e. The van der Waals surface area contributed by atoms with E-state index in [1.807, 2.05) is 41.3 Å². The molecule has 1 aliphatic rings. The molecule has 0 aliphatic carbocycles. The van der Waals surface area contributed by atoms with E-state index in [2.05, 4.69) is 24.0 Å². The molecule has 4 rings (SSSR count). The first kappa shape index (κ1) is 14.3. The van der Waals surface area contributed by atoms with Crippen LogP contribution in [0, 0.1) is 6.92 Å². The molecule has 1 aliphatic heterocycles. The van der Waals surface area contributed by atoms with Gasteiger partial charge in [-0.3, -0.25) is 4.79 Å². The number of benzene rings is 2. The molecule has 1 atom stereocenters. The lowest BCUT2D eigenvalue weighted by molar-refractivity contribution is 0.0761. The van der Waals surface area contributed by atoms with Crippen LogP contribution in [-0.4, -0.2) is 28.2 Å². The number of hydrogen-bond acceptors (Lipinski definition) is 1. The van der Waals surface area contributed by atoms with E-state index in [1.54, 1.807) is 0 Å². The summed E-state index contributed by atoms with van der Waals surface area (Å²) in [5.74, 6) is 0.494. The number of halogens is 1. The van der Waals surface area contributed by atoms with Crippen molar-refractivity contribution >= 4 is 28.4 Å². The van der Waals surface area contributed by atoms with E-state index in [0.717, 1.165) is 22.3 Å². The lowest BCUT2D eigenvalue weighted by Gasteiger charge is -2.25. The van der Waals surface area contributed by atoms with E-state index in [4.69, 9.17) is 11.6 Å². The van der Waals surface area contributed by atoms with Gasteiger partial charge in [0.2, 0.25) is 0 Å². The summed E-state index contributed by atoms with van der Waals surface area (Å²) in [5, 5.41) is 1.17. The van der Waals surface area contributed by atoms with E-state index >= 15 is 0 Å². The number of aromatic amines is 1. The Bertz CT molecular complexity index is 899. The van der Waals surface area contributed by atoms with E-state index in [0.29, 0.717) is 12.4 Å². The third-order valence-electron chi connectivity index (χ3n) is 4.60. The minimum absolute atomic E-state index is 0.0657. The highest BCUT2D eigenvalue weighted by molar-refractivity contribution is 6.18. The van der Waals surface area contributed by atoms with Gasteiger partial charge in [-0.05, 0) is 24.6 Å². The molecule has 3 nitrogen and oxygen atoms in total. The van der Waals surface area contributed by atoms with E-state index in [9.17, 15) is 4.79 Å². The Kier molecular flexibility index (Phi) is 3.38. The van der Waals surface area contributed by atoms with Gasteiger partial charge in [-0.1, -0.05) is 36.4 Å². The van der Waals surface area contributed by atoms with Crippen LogP contribution in [0.2, 0.25) is 0 Å². The van der Waals surface area contributed by atoms with Crippen molar-refractivity contribution < 1.29 is 4.79 Å². The van der Waals surface area contributed by atoms with Crippen molar-refractivity contribution in [1.82, 2.24) is 9.88 Å². The Labute approximate surface area is 139 Å². The monoisotopic (exact) mass is 324 g/mol. The number of rotatable bonds is 3. The summed E-state index contributed by atoms with van der Waals surface area (Å²) < 4.78 is 0. The van der Waals surface area contributed by atoms with E-state index < -0.39 is 0 Å². The van der Waals surface area contributed by atoms with Crippen LogP contribution in [0.3, 0.4) is 0 Å². The molecule has 0 fully saturated rings. The summed E-state index contributed by atoms with van der Waals surface area (Å²) in [6.07, 6.45) is 0. The summed E-state index contributed by atoms with van der Waals surface area (Å²) >= 11 is 5.97. The molecule has 1 N–H and O–H groups in total. The summed E-state index contributed by atoms with van der Waals surface area (Å²) in [5.41, 5.74) is 5.22. The fourth-order valence-electron chi connectivity index (χ4n) is 3.65. The molecule has 0 unspecified atom stereocenters. The summed E-state index contributed by atoms with van der Waals surface area (Å²) in [4.78, 5) is 18.1. The molecule has 1 amide bonds. The van der Waals surface area contributed by atoms with Gasteiger partial charge in [0.25, 0.3) is 5.91 Å². The zero-order valence-electron chi connectivity index (χ0n) is 12.8. The van der Waals surface area contributed by atoms with Crippen molar-refractivity contribution in [3.05, 3.63) is 70.9 Å². The highest BCUT2D eigenvalue weighted by atomic mass is 35.5. The Morgan fingerprint density at radius 3 is 2.70 bits per heavy atom. The van der Waals surface area contributed by atoms with Crippen molar-refractivity contribution in [3.63, 3.8) is 0 Å². The normalized spacial score (nSPS) is 17.0. The molecule has 0 saturated heterocycles. The summed E-state index contributed by atoms with van der Waals surface area (Å²) in [6, 6.07) is 16.0. The number of para-hydroxylation sites is 1. The molecule has 4 heteroatoms. The minimum Gasteiger partial charge on any atom is -0.358 e. The number of alkyl halides is 1. The third kappa shape index (κ3) is 2.07. The van der Waals surface area contributed by atoms with Crippen LogP contribution in [0.25, 0.3) is 10.9 Å². The molecule has 0 bridgehead atoms. The largest absolute Gasteiger partial charge is 0.358 e. The van der Waals surface area contributed by atoms with Crippen LogP contribution in [0.1, 0.15) is 33.2 Å². The number of aryl methyl sites for hydroxylation is 1. The van der Waals surface area contributed by atoms with E-state index in [-0.39, 0.29) is 11.9 Å². The maximum absolute atomic E-state index is 12.8. The number of nitrogens with zero attached hydrogens (tertiary/aromatic N) is 1. The van der Waals surface area contributed by atoms with Gasteiger partial charge in [-0.25, -0.2) is 0 Å². The molecule has 1 aromatic heterocycles. The van der Waals surface area contributed by atoms with Crippen molar-refractivity contribution in [2.75, 3.05) is 12.4 Å². The van der Waals surface area contributed by atoms with Crippen molar-refractivity contribution in [3.8, 4) is 0 Å². The Morgan fingerprint density at radius 1 is 1.13 bits per heavy atom. The van der Waals surface area contributed by atoms with Crippen molar-refractivity contribution in [2.24, 2.45) is 0 Å². The highest BCUT2D eigenvalue weighted by Crippen LogP contribution is 2.42. The second kappa shape index (κ2) is 5.43. The zero-order valence-corrected chi connectivity index (χ0v) is 13.6. The van der Waals surface area contributed by atoms with Crippen LogP contribution >= 0.6 is 11.6 Å². The Hall–Kier alpha value is -2.26. The molecular weight excluding hydrogens is 308 g/mol. The van der Waals surface area contributed by atoms with Crippen LogP contribution < -0.4 is 0 Å². The second-order valence-electron chi connectivity index (χ2n) is 5.89. The fourth-order valence-corrected chi connectivity index (χ4v) is 3.84. The van der Waals surface area contributed by atoms with Gasteiger partial charge in [-0.15, -0.1) is 11.6 Å². The first-order chi connectivity index (χ1) is 11.2. The molecule has 23 heavy (non-hydrogen) atoms. The standard InChI is InChI=1S/C19H17ClN2O/c1-12-17(15-8-4-5-9-16(15)21-12)18-13-6-2-3-7-14(13)19(23)22(18)11-10-20/h2-9,18,21H,10-11H2,1H3/t18-/m0/s1. The number of nitrogens with one attached hydrogen (secondary N) is 1. The average molecular weight is 325 g/mol. The minimum atomic E-state index is -0.0754. The van der Waals surface area contributed by atoms with Crippen LogP contribution in [-0.2, 0) is 0 Å².